The fourth-order valence-electron chi connectivity index (χ4n) is 2.11. The molecule has 2 N–H and O–H groups in total. The normalized spacial score (nSPS) is 26.1. The van der Waals surface area contributed by atoms with Gasteiger partial charge >= 0.3 is 6.09 Å². The molecule has 0 aromatic carbocycles. The molecular weight excluding hydrogens is 178 g/mol. The van der Waals surface area contributed by atoms with Crippen molar-refractivity contribution in [1.82, 2.24) is 0 Å². The maximum Gasteiger partial charge on any atom is 0.404 e. The van der Waals surface area contributed by atoms with Gasteiger partial charge in [0.1, 0.15) is 6.10 Å². The van der Waals surface area contributed by atoms with E-state index in [2.05, 4.69) is 27.7 Å². The third-order valence-corrected chi connectivity index (χ3v) is 3.21. The Morgan fingerprint density at radius 2 is 2.07 bits per heavy atom. The van der Waals surface area contributed by atoms with Crippen LogP contribution in [0.2, 0.25) is 0 Å². The molecule has 1 amide bonds. The number of hydrogen-bond acceptors (Lipinski definition) is 2. The van der Waals surface area contributed by atoms with Gasteiger partial charge in [0.25, 0.3) is 0 Å². The molecule has 0 spiro atoms. The van der Waals surface area contributed by atoms with Gasteiger partial charge in [0.15, 0.2) is 0 Å². The lowest BCUT2D eigenvalue weighted by molar-refractivity contribution is 0.0751. The third kappa shape index (κ3) is 2.28. The summed E-state index contributed by atoms with van der Waals surface area (Å²) in [6.45, 7) is 8.58. The molecule has 80 valence electrons. The maximum atomic E-state index is 10.7. The fraction of sp³-hybridized carbons (Fsp3) is 0.727. The summed E-state index contributed by atoms with van der Waals surface area (Å²) in [5.74, 6) is 0. The van der Waals surface area contributed by atoms with E-state index in [1.165, 1.54) is 11.1 Å². The van der Waals surface area contributed by atoms with E-state index >= 15 is 0 Å². The molecule has 3 heteroatoms. The molecule has 0 aromatic heterocycles. The van der Waals surface area contributed by atoms with Crippen LogP contribution in [0.15, 0.2) is 11.1 Å². The smallest absolute Gasteiger partial charge is 0.404 e. The van der Waals surface area contributed by atoms with Gasteiger partial charge in [-0.1, -0.05) is 25.0 Å². The van der Waals surface area contributed by atoms with Crippen LogP contribution < -0.4 is 5.73 Å². The number of carbonyl (C=O) groups excluding carboxylic acids is 1. The van der Waals surface area contributed by atoms with Gasteiger partial charge in [0.05, 0.1) is 0 Å². The zero-order valence-electron chi connectivity index (χ0n) is 9.39. The van der Waals surface area contributed by atoms with E-state index in [0.29, 0.717) is 0 Å². The van der Waals surface area contributed by atoms with E-state index in [9.17, 15) is 4.79 Å². The molecule has 0 aromatic rings. The number of nitrogens with two attached hydrogens (primary N) is 1. The van der Waals surface area contributed by atoms with Crippen molar-refractivity contribution < 1.29 is 9.53 Å². The van der Waals surface area contributed by atoms with Gasteiger partial charge in [-0.05, 0) is 25.7 Å². The fourth-order valence-corrected chi connectivity index (χ4v) is 2.11. The molecule has 14 heavy (non-hydrogen) atoms. The molecule has 0 heterocycles. The molecule has 0 radical (unpaired) electrons. The molecule has 0 fully saturated rings. The van der Waals surface area contributed by atoms with E-state index < -0.39 is 6.09 Å². The number of rotatable bonds is 1. The molecule has 1 atom stereocenters. The monoisotopic (exact) mass is 197 g/mol. The van der Waals surface area contributed by atoms with E-state index in [4.69, 9.17) is 10.5 Å². The highest BCUT2D eigenvalue weighted by molar-refractivity contribution is 5.64. The van der Waals surface area contributed by atoms with Crippen molar-refractivity contribution in [1.29, 1.82) is 0 Å². The predicted molar refractivity (Wildman–Crippen MR) is 55.8 cm³/mol. The Morgan fingerprint density at radius 3 is 2.50 bits per heavy atom. The first-order valence-electron chi connectivity index (χ1n) is 4.96. The van der Waals surface area contributed by atoms with Crippen LogP contribution in [0.3, 0.4) is 0 Å². The van der Waals surface area contributed by atoms with Crippen molar-refractivity contribution in [2.45, 2.75) is 46.6 Å². The zero-order chi connectivity index (χ0) is 10.9. The lowest BCUT2D eigenvalue weighted by atomic mass is 9.72. The van der Waals surface area contributed by atoms with E-state index in [0.717, 1.165) is 12.8 Å². The molecule has 0 bridgehead atoms. The molecule has 1 aliphatic carbocycles. The summed E-state index contributed by atoms with van der Waals surface area (Å²) in [5.41, 5.74) is 7.85. The zero-order valence-corrected chi connectivity index (χ0v) is 9.39. The Kier molecular flexibility index (Phi) is 2.88. The van der Waals surface area contributed by atoms with Gasteiger partial charge in [-0.25, -0.2) is 4.79 Å². The van der Waals surface area contributed by atoms with Crippen molar-refractivity contribution >= 4 is 6.09 Å². The van der Waals surface area contributed by atoms with E-state index in [1.807, 2.05) is 0 Å². The predicted octanol–water partition coefficient (Wildman–Crippen LogP) is 2.61. The number of carbonyl (C=O) groups is 1. The standard InChI is InChI=1S/C11H19NO2/c1-7-5-9(14-10(12)13)6-11(3,4)8(7)2/h9H,5-6H2,1-4H3,(H2,12,13). The maximum absolute atomic E-state index is 10.7. The molecule has 1 unspecified atom stereocenters. The molecule has 0 saturated carbocycles. The quantitative estimate of drug-likeness (QED) is 0.657. The lowest BCUT2D eigenvalue weighted by Crippen LogP contribution is -2.32. The van der Waals surface area contributed by atoms with Crippen molar-refractivity contribution in [2.75, 3.05) is 0 Å². The SMILES string of the molecule is CC1=C(C)C(C)(C)CC(OC(N)=O)C1. The Balaban J connectivity index is 2.79. The summed E-state index contributed by atoms with van der Waals surface area (Å²) in [5, 5.41) is 0. The molecule has 1 aliphatic rings. The van der Waals surface area contributed by atoms with Gasteiger partial charge in [-0.3, -0.25) is 0 Å². The third-order valence-electron chi connectivity index (χ3n) is 3.21. The van der Waals surface area contributed by atoms with Crippen LogP contribution >= 0.6 is 0 Å². The van der Waals surface area contributed by atoms with Gasteiger partial charge < -0.3 is 10.5 Å². The first kappa shape index (κ1) is 11.1. The second-order valence-corrected chi connectivity index (χ2v) is 4.76. The number of hydrogen-bond donors (Lipinski definition) is 1. The average Bonchev–Trinajstić information content (AvgIpc) is 1.98. The first-order chi connectivity index (χ1) is 6.33. The average molecular weight is 197 g/mol. The molecule has 0 saturated heterocycles. The van der Waals surface area contributed by atoms with Crippen LogP contribution in [0.1, 0.15) is 40.5 Å². The summed E-state index contributed by atoms with van der Waals surface area (Å²) in [4.78, 5) is 10.7. The second kappa shape index (κ2) is 3.64. The molecule has 3 nitrogen and oxygen atoms in total. The summed E-state index contributed by atoms with van der Waals surface area (Å²) < 4.78 is 5.05. The number of primary amides is 1. The first-order valence-corrected chi connectivity index (χ1v) is 4.96. The number of ether oxygens (including phenoxy) is 1. The van der Waals surface area contributed by atoms with Gasteiger partial charge in [-0.15, -0.1) is 0 Å². The van der Waals surface area contributed by atoms with Crippen LogP contribution in [0.25, 0.3) is 0 Å². The Bertz CT molecular complexity index is 279. The summed E-state index contributed by atoms with van der Waals surface area (Å²) >= 11 is 0. The number of amides is 1. The van der Waals surface area contributed by atoms with Crippen molar-refractivity contribution in [3.8, 4) is 0 Å². The van der Waals surface area contributed by atoms with Crippen molar-refractivity contribution in [3.05, 3.63) is 11.1 Å². The van der Waals surface area contributed by atoms with Gasteiger partial charge in [0.2, 0.25) is 0 Å². The summed E-state index contributed by atoms with van der Waals surface area (Å²) in [6.07, 6.45) is 0.960. The highest BCUT2D eigenvalue weighted by Crippen LogP contribution is 2.40. The Hall–Kier alpha value is -0.990. The van der Waals surface area contributed by atoms with Gasteiger partial charge in [-0.2, -0.15) is 0 Å². The minimum atomic E-state index is -0.668. The largest absolute Gasteiger partial charge is 0.446 e. The topological polar surface area (TPSA) is 52.3 Å². The number of allylic oxidation sites excluding steroid dienone is 1. The van der Waals surface area contributed by atoms with Crippen LogP contribution in [0.5, 0.6) is 0 Å². The van der Waals surface area contributed by atoms with Crippen LogP contribution in [0, 0.1) is 5.41 Å². The second-order valence-electron chi connectivity index (χ2n) is 4.76. The van der Waals surface area contributed by atoms with Crippen LogP contribution in [-0.2, 0) is 4.74 Å². The van der Waals surface area contributed by atoms with Crippen LogP contribution in [0.4, 0.5) is 4.79 Å². The highest BCUT2D eigenvalue weighted by atomic mass is 16.6. The van der Waals surface area contributed by atoms with Gasteiger partial charge in [0, 0.05) is 6.42 Å². The van der Waals surface area contributed by atoms with E-state index in [-0.39, 0.29) is 11.5 Å². The molecule has 1 rings (SSSR count). The minimum Gasteiger partial charge on any atom is -0.446 e. The molecular formula is C11H19NO2. The Labute approximate surface area is 85.3 Å². The Morgan fingerprint density at radius 1 is 1.50 bits per heavy atom. The molecule has 0 aliphatic heterocycles. The van der Waals surface area contributed by atoms with E-state index in [1.54, 1.807) is 0 Å². The van der Waals surface area contributed by atoms with Crippen LogP contribution in [-0.4, -0.2) is 12.2 Å². The van der Waals surface area contributed by atoms with Crippen molar-refractivity contribution in [2.24, 2.45) is 11.1 Å². The van der Waals surface area contributed by atoms with Crippen molar-refractivity contribution in [3.63, 3.8) is 0 Å². The summed E-state index contributed by atoms with van der Waals surface area (Å²) in [6, 6.07) is 0. The highest BCUT2D eigenvalue weighted by Gasteiger charge is 2.32. The minimum absolute atomic E-state index is 0.0498. The summed E-state index contributed by atoms with van der Waals surface area (Å²) in [7, 11) is 0. The lowest BCUT2D eigenvalue weighted by Gasteiger charge is -2.36.